The molecule has 5 rings (SSSR count). The van der Waals surface area contributed by atoms with E-state index in [4.69, 9.17) is 19.4 Å². The van der Waals surface area contributed by atoms with E-state index in [-0.39, 0.29) is 18.0 Å². The molecule has 0 saturated carbocycles. The number of carbonyl (C=O) groups excluding carboxylic acids is 2. The summed E-state index contributed by atoms with van der Waals surface area (Å²) in [6.45, 7) is 9.51. The predicted octanol–water partition coefficient (Wildman–Crippen LogP) is 3.29. The van der Waals surface area contributed by atoms with E-state index >= 15 is 0 Å². The molecule has 2 atom stereocenters. The van der Waals surface area contributed by atoms with Crippen LogP contribution in [0.4, 0.5) is 13.2 Å². The van der Waals surface area contributed by atoms with E-state index in [1.807, 2.05) is 32.0 Å². The number of ether oxygens (including phenoxy) is 2. The Bertz CT molecular complexity index is 1310. The molecular formula is C29H33F3N2O7. The molecule has 1 unspecified atom stereocenters. The Morgan fingerprint density at radius 3 is 2.34 bits per heavy atom. The zero-order chi connectivity index (χ0) is 29.9. The number of β-amino-alcohol motifs (C(OH)–C–C–N with tert-alkyl or cyclic N) is 1. The second kappa shape index (κ2) is 12.6. The molecule has 1 fully saturated rings. The summed E-state index contributed by atoms with van der Waals surface area (Å²) in [5, 5.41) is 18.0. The van der Waals surface area contributed by atoms with E-state index in [0.717, 1.165) is 67.8 Å². The minimum Gasteiger partial charge on any atom is -0.475 e. The van der Waals surface area contributed by atoms with Gasteiger partial charge in [0.25, 0.3) is 0 Å². The lowest BCUT2D eigenvalue weighted by Crippen LogP contribution is -2.48. The lowest BCUT2D eigenvalue weighted by molar-refractivity contribution is -0.192. The van der Waals surface area contributed by atoms with Crippen LogP contribution in [-0.2, 0) is 33.7 Å². The van der Waals surface area contributed by atoms with Crippen molar-refractivity contribution >= 4 is 17.9 Å². The van der Waals surface area contributed by atoms with Gasteiger partial charge in [0.2, 0.25) is 0 Å². The highest BCUT2D eigenvalue weighted by Crippen LogP contribution is 2.29. The molecule has 222 valence electrons. The number of nitrogens with zero attached hydrogens (tertiary/aromatic N) is 2. The molecule has 2 N–H and O–H groups in total. The van der Waals surface area contributed by atoms with Crippen LogP contribution < -0.4 is 0 Å². The fraction of sp³-hybridized carbons (Fsp3) is 0.483. The number of aliphatic carboxylic acids is 1. The van der Waals surface area contributed by atoms with Gasteiger partial charge in [-0.1, -0.05) is 18.2 Å². The number of carboxylic acid groups (broad SMARTS) is 1. The second-order valence-corrected chi connectivity index (χ2v) is 10.5. The summed E-state index contributed by atoms with van der Waals surface area (Å²) < 4.78 is 42.2. The van der Waals surface area contributed by atoms with E-state index in [9.17, 15) is 27.9 Å². The maximum Gasteiger partial charge on any atom is 0.490 e. The Balaban J connectivity index is 0.000000493. The molecule has 3 aliphatic heterocycles. The monoisotopic (exact) mass is 578 g/mol. The van der Waals surface area contributed by atoms with Crippen molar-refractivity contribution in [3.05, 3.63) is 69.3 Å². The lowest BCUT2D eigenvalue weighted by atomic mass is 9.95. The number of cyclic esters (lactones) is 2. The molecule has 1 saturated heterocycles. The zero-order valence-electron chi connectivity index (χ0n) is 22.9. The predicted molar refractivity (Wildman–Crippen MR) is 141 cm³/mol. The molecule has 2 aromatic rings. The van der Waals surface area contributed by atoms with E-state index in [2.05, 4.69) is 15.9 Å². The van der Waals surface area contributed by atoms with Gasteiger partial charge in [0, 0.05) is 51.3 Å². The molecule has 2 aromatic carbocycles. The fourth-order valence-corrected chi connectivity index (χ4v) is 5.32. The van der Waals surface area contributed by atoms with Crippen LogP contribution >= 0.6 is 0 Å². The summed E-state index contributed by atoms with van der Waals surface area (Å²) in [5.74, 6) is -3.24. The van der Waals surface area contributed by atoms with E-state index in [0.29, 0.717) is 24.3 Å². The first-order valence-electron chi connectivity index (χ1n) is 13.4. The molecule has 0 radical (unpaired) electrons. The van der Waals surface area contributed by atoms with Crippen LogP contribution in [0.1, 0.15) is 61.6 Å². The lowest BCUT2D eigenvalue weighted by Gasteiger charge is -2.36. The number of hydrogen-bond donors (Lipinski definition) is 2. The van der Waals surface area contributed by atoms with Gasteiger partial charge < -0.3 is 24.6 Å². The molecule has 0 bridgehead atoms. The van der Waals surface area contributed by atoms with Crippen molar-refractivity contribution in [1.29, 1.82) is 0 Å². The molecule has 3 aliphatic rings. The Labute approximate surface area is 235 Å². The van der Waals surface area contributed by atoms with Crippen molar-refractivity contribution in [2.45, 2.75) is 51.7 Å². The zero-order valence-corrected chi connectivity index (χ0v) is 22.9. The van der Waals surface area contributed by atoms with Gasteiger partial charge in [0.05, 0.1) is 17.2 Å². The minimum atomic E-state index is -5.08. The van der Waals surface area contributed by atoms with Crippen molar-refractivity contribution < 1.29 is 47.2 Å². The SMILES string of the molecule is Cc1c(C(O)CN2CCN(CCc3ccc4c(c3)C[C@@H](C)OC4=O)CC2)ccc2c1COC2=O.O=C(O)C(F)(F)F. The van der Waals surface area contributed by atoms with Crippen LogP contribution in [0.5, 0.6) is 0 Å². The maximum absolute atomic E-state index is 12.0. The van der Waals surface area contributed by atoms with Crippen molar-refractivity contribution in [3.63, 3.8) is 0 Å². The van der Waals surface area contributed by atoms with Crippen LogP contribution in [0.15, 0.2) is 30.3 Å². The number of benzene rings is 2. The van der Waals surface area contributed by atoms with Gasteiger partial charge in [-0.2, -0.15) is 13.2 Å². The normalized spacial score (nSPS) is 19.8. The number of fused-ring (bicyclic) bond motifs is 2. The van der Waals surface area contributed by atoms with Crippen LogP contribution in [0.3, 0.4) is 0 Å². The quantitative estimate of drug-likeness (QED) is 0.498. The number of aliphatic hydroxyl groups excluding tert-OH is 1. The molecule has 0 aliphatic carbocycles. The number of hydrogen-bond acceptors (Lipinski definition) is 8. The van der Waals surface area contributed by atoms with Crippen molar-refractivity contribution in [3.8, 4) is 0 Å². The average molecular weight is 579 g/mol. The van der Waals surface area contributed by atoms with E-state index in [1.54, 1.807) is 6.07 Å². The summed E-state index contributed by atoms with van der Waals surface area (Å²) in [4.78, 5) is 37.4. The Morgan fingerprint density at radius 2 is 1.68 bits per heavy atom. The third-order valence-electron chi connectivity index (χ3n) is 7.63. The third kappa shape index (κ3) is 7.43. The number of carbonyl (C=O) groups is 3. The number of aliphatic hydroxyl groups is 1. The molecule has 9 nitrogen and oxygen atoms in total. The number of carboxylic acids is 1. The molecular weight excluding hydrogens is 545 g/mol. The summed E-state index contributed by atoms with van der Waals surface area (Å²) in [6, 6.07) is 9.75. The summed E-state index contributed by atoms with van der Waals surface area (Å²) >= 11 is 0. The van der Waals surface area contributed by atoms with Gasteiger partial charge in [-0.3, -0.25) is 4.90 Å². The second-order valence-electron chi connectivity index (χ2n) is 10.5. The topological polar surface area (TPSA) is 117 Å². The first-order valence-corrected chi connectivity index (χ1v) is 13.4. The highest BCUT2D eigenvalue weighted by Gasteiger charge is 2.38. The van der Waals surface area contributed by atoms with Crippen LogP contribution in [0.25, 0.3) is 0 Å². The summed E-state index contributed by atoms with van der Waals surface area (Å²) in [7, 11) is 0. The smallest absolute Gasteiger partial charge is 0.475 e. The standard InChI is InChI=1S/C27H32N2O5.C2HF3O2/c1-17-13-20-14-19(3-4-22(20)27(32)34-17)7-8-28-9-11-29(12-10-28)15-25(30)21-5-6-23-24(18(21)2)16-33-26(23)31;3-2(4,5)1(6)7/h3-6,14,17,25,30H,7-13,15-16H2,1-2H3;(H,6,7)/t17-,25?;/m1./s1. The van der Waals surface area contributed by atoms with Crippen LogP contribution in [-0.4, -0.2) is 89.5 Å². The largest absolute Gasteiger partial charge is 0.490 e. The first-order chi connectivity index (χ1) is 19.3. The first kappa shape index (κ1) is 30.5. The van der Waals surface area contributed by atoms with E-state index in [1.165, 1.54) is 5.56 Å². The number of esters is 2. The van der Waals surface area contributed by atoms with Crippen molar-refractivity contribution in [1.82, 2.24) is 9.80 Å². The Hall–Kier alpha value is -3.48. The molecule has 3 heterocycles. The molecule has 0 aromatic heterocycles. The number of rotatable bonds is 6. The van der Waals surface area contributed by atoms with Crippen molar-refractivity contribution in [2.24, 2.45) is 0 Å². The van der Waals surface area contributed by atoms with Gasteiger partial charge in [0.15, 0.2) is 0 Å². The molecule has 12 heteroatoms. The van der Waals surface area contributed by atoms with Crippen LogP contribution in [0, 0.1) is 6.92 Å². The maximum atomic E-state index is 12.0. The van der Waals surface area contributed by atoms with Gasteiger partial charge in [-0.25, -0.2) is 14.4 Å². The van der Waals surface area contributed by atoms with Gasteiger partial charge in [-0.15, -0.1) is 0 Å². The highest BCUT2D eigenvalue weighted by molar-refractivity contribution is 5.94. The van der Waals surface area contributed by atoms with Gasteiger partial charge >= 0.3 is 24.1 Å². The van der Waals surface area contributed by atoms with E-state index < -0.39 is 18.2 Å². The molecule has 41 heavy (non-hydrogen) atoms. The molecule has 0 spiro atoms. The number of halogens is 3. The summed E-state index contributed by atoms with van der Waals surface area (Å²) in [6.07, 6.45) is -4.00. The Morgan fingerprint density at radius 1 is 1.05 bits per heavy atom. The number of alkyl halides is 3. The third-order valence-corrected chi connectivity index (χ3v) is 7.63. The fourth-order valence-electron chi connectivity index (χ4n) is 5.32. The average Bonchev–Trinajstić information content (AvgIpc) is 3.29. The molecule has 0 amide bonds. The van der Waals surface area contributed by atoms with Gasteiger partial charge in [0.1, 0.15) is 12.7 Å². The number of piperazine rings is 1. The Kier molecular flexibility index (Phi) is 9.35. The van der Waals surface area contributed by atoms with Crippen molar-refractivity contribution in [2.75, 3.05) is 39.3 Å². The summed E-state index contributed by atoms with van der Waals surface area (Å²) in [5.41, 5.74) is 6.42. The van der Waals surface area contributed by atoms with Crippen LogP contribution in [0.2, 0.25) is 0 Å². The minimum absolute atomic E-state index is 0.0601. The van der Waals surface area contributed by atoms with Gasteiger partial charge in [-0.05, 0) is 54.7 Å². The highest BCUT2D eigenvalue weighted by atomic mass is 19.4.